The van der Waals surface area contributed by atoms with Gasteiger partial charge in [-0.25, -0.2) is 4.39 Å². The van der Waals surface area contributed by atoms with Crippen LogP contribution in [0.1, 0.15) is 24.3 Å². The minimum atomic E-state index is -0.223. The second-order valence-corrected chi connectivity index (χ2v) is 4.23. The Morgan fingerprint density at radius 2 is 1.94 bits per heavy atom. The van der Waals surface area contributed by atoms with Crippen molar-refractivity contribution in [3.8, 4) is 0 Å². The molecule has 0 bridgehead atoms. The molecule has 1 N–H and O–H groups in total. The summed E-state index contributed by atoms with van der Waals surface area (Å²) >= 11 is 5.67. The van der Waals surface area contributed by atoms with E-state index >= 15 is 0 Å². The van der Waals surface area contributed by atoms with E-state index < -0.39 is 0 Å². The minimum absolute atomic E-state index is 0.125. The minimum Gasteiger partial charge on any atom is -0.448 e. The van der Waals surface area contributed by atoms with E-state index in [-0.39, 0.29) is 11.9 Å². The number of rotatable bonds is 4. The van der Waals surface area contributed by atoms with Crippen molar-refractivity contribution in [2.45, 2.75) is 19.5 Å². The molecule has 1 heterocycles. The van der Waals surface area contributed by atoms with Gasteiger partial charge in [-0.3, -0.25) is 0 Å². The van der Waals surface area contributed by atoms with Gasteiger partial charge in [0.15, 0.2) is 5.22 Å². The summed E-state index contributed by atoms with van der Waals surface area (Å²) in [5, 5.41) is 3.66. The maximum absolute atomic E-state index is 12.8. The summed E-state index contributed by atoms with van der Waals surface area (Å²) in [7, 11) is 0. The van der Waals surface area contributed by atoms with E-state index in [0.29, 0.717) is 11.8 Å². The van der Waals surface area contributed by atoms with Crippen molar-refractivity contribution in [1.82, 2.24) is 5.32 Å². The molecule has 0 spiro atoms. The lowest BCUT2D eigenvalue weighted by molar-refractivity contribution is 0.461. The van der Waals surface area contributed by atoms with Gasteiger partial charge in [-0.1, -0.05) is 12.1 Å². The van der Waals surface area contributed by atoms with Gasteiger partial charge in [-0.2, -0.15) is 0 Å². The lowest BCUT2D eigenvalue weighted by Gasteiger charge is -2.13. The second kappa shape index (κ2) is 5.34. The molecule has 2 nitrogen and oxygen atoms in total. The quantitative estimate of drug-likeness (QED) is 0.893. The molecule has 0 saturated carbocycles. The van der Waals surface area contributed by atoms with Gasteiger partial charge in [0.05, 0.1) is 6.54 Å². The normalized spacial score (nSPS) is 12.6. The smallest absolute Gasteiger partial charge is 0.193 e. The van der Waals surface area contributed by atoms with Gasteiger partial charge in [-0.05, 0) is 48.4 Å². The first-order chi connectivity index (χ1) is 8.15. The van der Waals surface area contributed by atoms with Crippen LogP contribution in [0.15, 0.2) is 40.8 Å². The van der Waals surface area contributed by atoms with Crippen molar-refractivity contribution in [3.63, 3.8) is 0 Å². The zero-order chi connectivity index (χ0) is 12.3. The zero-order valence-corrected chi connectivity index (χ0v) is 10.2. The molecular formula is C13H13ClFNO. The number of benzene rings is 1. The molecule has 0 fully saturated rings. The van der Waals surface area contributed by atoms with Gasteiger partial charge in [0, 0.05) is 6.04 Å². The molecule has 0 aliphatic rings. The van der Waals surface area contributed by atoms with E-state index in [2.05, 4.69) is 5.32 Å². The van der Waals surface area contributed by atoms with Gasteiger partial charge in [0.1, 0.15) is 11.6 Å². The summed E-state index contributed by atoms with van der Waals surface area (Å²) in [5.41, 5.74) is 1.03. The van der Waals surface area contributed by atoms with Crippen molar-refractivity contribution >= 4 is 11.6 Å². The molecule has 1 aromatic carbocycles. The van der Waals surface area contributed by atoms with Gasteiger partial charge >= 0.3 is 0 Å². The number of nitrogens with one attached hydrogen (secondary N) is 1. The van der Waals surface area contributed by atoms with E-state index in [1.807, 2.05) is 13.0 Å². The summed E-state index contributed by atoms with van der Waals surface area (Å²) in [6, 6.07) is 10.1. The number of hydrogen-bond donors (Lipinski definition) is 1. The second-order valence-electron chi connectivity index (χ2n) is 3.86. The van der Waals surface area contributed by atoms with E-state index in [1.165, 1.54) is 12.1 Å². The van der Waals surface area contributed by atoms with Gasteiger partial charge < -0.3 is 9.73 Å². The number of hydrogen-bond acceptors (Lipinski definition) is 2. The summed E-state index contributed by atoms with van der Waals surface area (Å²) in [6.07, 6.45) is 0. The van der Waals surface area contributed by atoms with Crippen molar-refractivity contribution in [2.75, 3.05) is 0 Å². The molecule has 2 rings (SSSR count). The van der Waals surface area contributed by atoms with Crippen LogP contribution in [0, 0.1) is 5.82 Å². The molecular weight excluding hydrogens is 241 g/mol. The van der Waals surface area contributed by atoms with Crippen LogP contribution in [0.5, 0.6) is 0 Å². The van der Waals surface area contributed by atoms with E-state index in [4.69, 9.17) is 16.0 Å². The largest absolute Gasteiger partial charge is 0.448 e. The van der Waals surface area contributed by atoms with Crippen LogP contribution in [-0.4, -0.2) is 0 Å². The molecule has 0 saturated heterocycles. The van der Waals surface area contributed by atoms with E-state index in [1.54, 1.807) is 18.2 Å². The average Bonchev–Trinajstić information content (AvgIpc) is 2.73. The molecule has 2 aromatic rings. The Kier molecular flexibility index (Phi) is 3.82. The third-order valence-corrected chi connectivity index (χ3v) is 2.78. The molecule has 1 atom stereocenters. The number of furan rings is 1. The molecule has 0 aliphatic heterocycles. The Morgan fingerprint density at radius 1 is 1.24 bits per heavy atom. The van der Waals surface area contributed by atoms with Gasteiger partial charge in [0.2, 0.25) is 0 Å². The van der Waals surface area contributed by atoms with E-state index in [0.717, 1.165) is 11.3 Å². The SMILES string of the molecule is CC(NCc1ccc(Cl)o1)c1ccc(F)cc1. The Bertz CT molecular complexity index is 480. The standard InChI is InChI=1S/C13H13ClFNO/c1-9(10-2-4-11(15)5-3-10)16-8-12-6-7-13(14)17-12/h2-7,9,16H,8H2,1H3. The van der Waals surface area contributed by atoms with E-state index in [9.17, 15) is 4.39 Å². The highest BCUT2D eigenvalue weighted by molar-refractivity contribution is 6.28. The third kappa shape index (κ3) is 3.32. The van der Waals surface area contributed by atoms with Crippen LogP contribution >= 0.6 is 11.6 Å². The summed E-state index contributed by atoms with van der Waals surface area (Å²) < 4.78 is 18.0. The maximum atomic E-state index is 12.8. The van der Waals surface area contributed by atoms with Crippen molar-refractivity contribution in [1.29, 1.82) is 0 Å². The highest BCUT2D eigenvalue weighted by Crippen LogP contribution is 2.16. The monoisotopic (exact) mass is 253 g/mol. The predicted octanol–water partition coefficient (Wildman–Crippen LogP) is 3.92. The maximum Gasteiger partial charge on any atom is 0.193 e. The fourth-order valence-corrected chi connectivity index (χ4v) is 1.73. The fraction of sp³-hybridized carbons (Fsp3) is 0.231. The lowest BCUT2D eigenvalue weighted by Crippen LogP contribution is -2.17. The fourth-order valence-electron chi connectivity index (χ4n) is 1.57. The zero-order valence-electron chi connectivity index (χ0n) is 9.41. The molecule has 4 heteroatoms. The Labute approximate surface area is 104 Å². The topological polar surface area (TPSA) is 25.2 Å². The van der Waals surface area contributed by atoms with Crippen molar-refractivity contribution < 1.29 is 8.81 Å². The van der Waals surface area contributed by atoms with Crippen molar-refractivity contribution in [2.24, 2.45) is 0 Å². The van der Waals surface area contributed by atoms with Crippen LogP contribution < -0.4 is 5.32 Å². The third-order valence-electron chi connectivity index (χ3n) is 2.58. The molecule has 0 amide bonds. The highest BCUT2D eigenvalue weighted by atomic mass is 35.5. The first-order valence-corrected chi connectivity index (χ1v) is 5.76. The number of halogens is 2. The lowest BCUT2D eigenvalue weighted by atomic mass is 10.1. The predicted molar refractivity (Wildman–Crippen MR) is 65.4 cm³/mol. The van der Waals surface area contributed by atoms with Gasteiger partial charge in [0.25, 0.3) is 0 Å². The van der Waals surface area contributed by atoms with Crippen LogP contribution in [0.4, 0.5) is 4.39 Å². The van der Waals surface area contributed by atoms with Crippen LogP contribution in [0.3, 0.4) is 0 Å². The summed E-state index contributed by atoms with van der Waals surface area (Å²) in [6.45, 7) is 2.60. The van der Waals surface area contributed by atoms with Crippen molar-refractivity contribution in [3.05, 3.63) is 58.8 Å². The van der Waals surface area contributed by atoms with Crippen LogP contribution in [0.25, 0.3) is 0 Å². The summed E-state index contributed by atoms with van der Waals surface area (Å²) in [4.78, 5) is 0. The Balaban J connectivity index is 1.93. The highest BCUT2D eigenvalue weighted by Gasteiger charge is 2.06. The first-order valence-electron chi connectivity index (χ1n) is 5.38. The molecule has 1 aromatic heterocycles. The first kappa shape index (κ1) is 12.1. The molecule has 0 radical (unpaired) electrons. The summed E-state index contributed by atoms with van der Waals surface area (Å²) in [5.74, 6) is 0.558. The van der Waals surface area contributed by atoms with Crippen LogP contribution in [-0.2, 0) is 6.54 Å². The Morgan fingerprint density at radius 3 is 2.53 bits per heavy atom. The molecule has 90 valence electrons. The molecule has 17 heavy (non-hydrogen) atoms. The Hall–Kier alpha value is -1.32. The molecule has 1 unspecified atom stereocenters. The van der Waals surface area contributed by atoms with Crippen LogP contribution in [0.2, 0.25) is 5.22 Å². The average molecular weight is 254 g/mol. The molecule has 0 aliphatic carbocycles. The van der Waals surface area contributed by atoms with Gasteiger partial charge in [-0.15, -0.1) is 0 Å².